The van der Waals surface area contributed by atoms with Crippen LogP contribution in [-0.2, 0) is 11.3 Å². The molecule has 0 bridgehead atoms. The number of nitrogens with zero attached hydrogens (tertiary/aromatic N) is 3. The molecule has 140 valence electrons. The van der Waals surface area contributed by atoms with Crippen molar-refractivity contribution in [2.24, 2.45) is 0 Å². The van der Waals surface area contributed by atoms with Crippen molar-refractivity contribution in [1.82, 2.24) is 19.9 Å². The Balaban J connectivity index is 1.50. The molecule has 3 aromatic rings. The summed E-state index contributed by atoms with van der Waals surface area (Å²) < 4.78 is 5.38. The fourth-order valence-corrected chi connectivity index (χ4v) is 3.33. The number of hydrogen-bond donors (Lipinski definition) is 2. The van der Waals surface area contributed by atoms with Crippen LogP contribution in [0, 0.1) is 13.8 Å². The monoisotopic (exact) mass is 365 g/mol. The molecule has 2 N–H and O–H groups in total. The Morgan fingerprint density at radius 1 is 1.26 bits per heavy atom. The number of aromatic nitrogens is 3. The van der Waals surface area contributed by atoms with Crippen LogP contribution in [-0.4, -0.2) is 52.1 Å². The Bertz CT molecular complexity index is 976. The van der Waals surface area contributed by atoms with Crippen LogP contribution in [0.1, 0.15) is 27.4 Å². The van der Waals surface area contributed by atoms with E-state index >= 15 is 0 Å². The van der Waals surface area contributed by atoms with Crippen LogP contribution in [0.2, 0.25) is 0 Å². The summed E-state index contributed by atoms with van der Waals surface area (Å²) in [7, 11) is 0. The summed E-state index contributed by atoms with van der Waals surface area (Å²) in [5, 5.41) is 2.93. The second-order valence-corrected chi connectivity index (χ2v) is 6.94. The number of ether oxygens (including phenoxy) is 1. The number of carbonyl (C=O) groups is 1. The molecule has 3 heterocycles. The molecule has 0 atom stereocenters. The van der Waals surface area contributed by atoms with Crippen molar-refractivity contribution < 1.29 is 9.53 Å². The number of benzene rings is 1. The Hall–Kier alpha value is -2.77. The fraction of sp³-hybridized carbons (Fsp3) is 0.350. The minimum atomic E-state index is -0.208. The van der Waals surface area contributed by atoms with E-state index in [2.05, 4.69) is 25.2 Å². The van der Waals surface area contributed by atoms with Gasteiger partial charge in [-0.25, -0.2) is 4.98 Å². The summed E-state index contributed by atoms with van der Waals surface area (Å²) >= 11 is 0. The van der Waals surface area contributed by atoms with Crippen LogP contribution in [0.25, 0.3) is 11.0 Å². The maximum Gasteiger partial charge on any atom is 0.274 e. The first-order valence-corrected chi connectivity index (χ1v) is 9.12. The van der Waals surface area contributed by atoms with Crippen LogP contribution >= 0.6 is 0 Å². The van der Waals surface area contributed by atoms with Crippen molar-refractivity contribution in [3.8, 4) is 0 Å². The molecule has 7 heteroatoms. The van der Waals surface area contributed by atoms with Gasteiger partial charge in [-0.3, -0.25) is 14.7 Å². The lowest BCUT2D eigenvalue weighted by Crippen LogP contribution is -2.35. The molecule has 4 rings (SSSR count). The lowest BCUT2D eigenvalue weighted by atomic mass is 10.1. The van der Waals surface area contributed by atoms with Crippen LogP contribution in [0.15, 0.2) is 30.5 Å². The molecule has 0 spiro atoms. The van der Waals surface area contributed by atoms with Gasteiger partial charge >= 0.3 is 0 Å². The van der Waals surface area contributed by atoms with Crippen molar-refractivity contribution in [1.29, 1.82) is 0 Å². The van der Waals surface area contributed by atoms with Crippen molar-refractivity contribution in [3.05, 3.63) is 53.1 Å². The molecular weight excluding hydrogens is 342 g/mol. The highest BCUT2D eigenvalue weighted by Gasteiger charge is 2.14. The van der Waals surface area contributed by atoms with E-state index in [1.807, 2.05) is 38.1 Å². The van der Waals surface area contributed by atoms with Gasteiger partial charge in [0.15, 0.2) is 0 Å². The SMILES string of the molecule is Cc1cnc(C(=O)Nc2ccc3nc(CN4CCOCC4)[nH]c3c2)c(C)c1. The minimum absolute atomic E-state index is 0.208. The first-order chi connectivity index (χ1) is 13.1. The molecule has 0 radical (unpaired) electrons. The van der Waals surface area contributed by atoms with Crippen LogP contribution < -0.4 is 5.32 Å². The highest BCUT2D eigenvalue weighted by atomic mass is 16.5. The number of H-pyrrole nitrogens is 1. The molecule has 0 saturated carbocycles. The summed E-state index contributed by atoms with van der Waals surface area (Å²) in [6, 6.07) is 7.65. The van der Waals surface area contributed by atoms with Gasteiger partial charge in [0.05, 0.1) is 30.8 Å². The summed E-state index contributed by atoms with van der Waals surface area (Å²) in [6.07, 6.45) is 1.71. The number of aryl methyl sites for hydroxylation is 2. The maximum atomic E-state index is 12.5. The number of nitrogens with one attached hydrogen (secondary N) is 2. The van der Waals surface area contributed by atoms with Gasteiger partial charge in [-0.1, -0.05) is 6.07 Å². The predicted octanol–water partition coefficient (Wildman–Crippen LogP) is 2.66. The zero-order valence-corrected chi connectivity index (χ0v) is 15.6. The molecule has 0 aliphatic carbocycles. The Labute approximate surface area is 157 Å². The van der Waals surface area contributed by atoms with Gasteiger partial charge in [-0.15, -0.1) is 0 Å². The van der Waals surface area contributed by atoms with Gasteiger partial charge in [0.2, 0.25) is 0 Å². The molecule has 1 saturated heterocycles. The number of amides is 1. The predicted molar refractivity (Wildman–Crippen MR) is 104 cm³/mol. The Morgan fingerprint density at radius 3 is 2.85 bits per heavy atom. The summed E-state index contributed by atoms with van der Waals surface area (Å²) in [5.74, 6) is 0.714. The van der Waals surface area contributed by atoms with Crippen LogP contribution in [0.4, 0.5) is 5.69 Å². The average Bonchev–Trinajstić information content (AvgIpc) is 3.04. The third kappa shape index (κ3) is 3.99. The third-order valence-electron chi connectivity index (χ3n) is 4.70. The standard InChI is InChI=1S/C20H23N5O2/c1-13-9-14(2)19(21-11-13)20(26)22-15-3-4-16-17(10-15)24-18(23-16)12-25-5-7-27-8-6-25/h3-4,9-11H,5-8,12H2,1-2H3,(H,22,26)(H,23,24). The van der Waals surface area contributed by atoms with Crippen molar-refractivity contribution in [2.75, 3.05) is 31.6 Å². The number of aromatic amines is 1. The smallest absolute Gasteiger partial charge is 0.274 e. The van der Waals surface area contributed by atoms with E-state index in [9.17, 15) is 4.79 Å². The topological polar surface area (TPSA) is 83.1 Å². The van der Waals surface area contributed by atoms with Gasteiger partial charge < -0.3 is 15.0 Å². The van der Waals surface area contributed by atoms with E-state index in [0.717, 1.165) is 66.5 Å². The zero-order valence-electron chi connectivity index (χ0n) is 15.6. The number of hydrogen-bond acceptors (Lipinski definition) is 5. The Kier molecular flexibility index (Phi) is 4.87. The molecule has 27 heavy (non-hydrogen) atoms. The maximum absolute atomic E-state index is 12.5. The lowest BCUT2D eigenvalue weighted by molar-refractivity contribution is 0.0332. The number of morpholine rings is 1. The second kappa shape index (κ2) is 7.46. The average molecular weight is 365 g/mol. The second-order valence-electron chi connectivity index (χ2n) is 6.94. The third-order valence-corrected chi connectivity index (χ3v) is 4.70. The number of imidazole rings is 1. The summed E-state index contributed by atoms with van der Waals surface area (Å²) in [6.45, 7) is 7.99. The number of carbonyl (C=O) groups excluding carboxylic acids is 1. The van der Waals surface area contributed by atoms with E-state index in [1.54, 1.807) is 6.20 Å². The largest absolute Gasteiger partial charge is 0.379 e. The van der Waals surface area contributed by atoms with Gasteiger partial charge in [0.1, 0.15) is 11.5 Å². The Morgan fingerprint density at radius 2 is 2.07 bits per heavy atom. The van der Waals surface area contributed by atoms with E-state index in [1.165, 1.54) is 0 Å². The molecule has 1 fully saturated rings. The fourth-order valence-electron chi connectivity index (χ4n) is 3.33. The molecule has 2 aromatic heterocycles. The first-order valence-electron chi connectivity index (χ1n) is 9.12. The normalized spacial score (nSPS) is 15.2. The van der Waals surface area contributed by atoms with E-state index < -0.39 is 0 Å². The molecule has 0 unspecified atom stereocenters. The summed E-state index contributed by atoms with van der Waals surface area (Å²) in [4.78, 5) is 27.1. The lowest BCUT2D eigenvalue weighted by Gasteiger charge is -2.25. The molecule has 1 amide bonds. The number of anilines is 1. The minimum Gasteiger partial charge on any atom is -0.379 e. The molecule has 7 nitrogen and oxygen atoms in total. The van der Waals surface area contributed by atoms with Crippen molar-refractivity contribution in [2.45, 2.75) is 20.4 Å². The molecule has 1 aliphatic heterocycles. The molecular formula is C20H23N5O2. The first kappa shape index (κ1) is 17.6. The molecule has 1 aromatic carbocycles. The van der Waals surface area contributed by atoms with Gasteiger partial charge in [-0.2, -0.15) is 0 Å². The summed E-state index contributed by atoms with van der Waals surface area (Å²) in [5.41, 5.74) is 4.86. The zero-order chi connectivity index (χ0) is 18.8. The van der Waals surface area contributed by atoms with Crippen molar-refractivity contribution >= 4 is 22.6 Å². The highest BCUT2D eigenvalue weighted by molar-refractivity contribution is 6.04. The van der Waals surface area contributed by atoms with Gasteiger partial charge in [0, 0.05) is 25.0 Å². The number of rotatable bonds is 4. The van der Waals surface area contributed by atoms with E-state index in [-0.39, 0.29) is 5.91 Å². The van der Waals surface area contributed by atoms with E-state index in [0.29, 0.717) is 5.69 Å². The van der Waals surface area contributed by atoms with Crippen LogP contribution in [0.5, 0.6) is 0 Å². The number of fused-ring (bicyclic) bond motifs is 1. The van der Waals surface area contributed by atoms with Crippen molar-refractivity contribution in [3.63, 3.8) is 0 Å². The highest BCUT2D eigenvalue weighted by Crippen LogP contribution is 2.19. The quantitative estimate of drug-likeness (QED) is 0.743. The van der Waals surface area contributed by atoms with Crippen LogP contribution in [0.3, 0.4) is 0 Å². The number of pyridine rings is 1. The molecule has 1 aliphatic rings. The van der Waals surface area contributed by atoms with Gasteiger partial charge in [-0.05, 0) is 43.2 Å². The van der Waals surface area contributed by atoms with Gasteiger partial charge in [0.25, 0.3) is 5.91 Å². The van der Waals surface area contributed by atoms with E-state index in [4.69, 9.17) is 4.74 Å².